The molecule has 0 spiro atoms. The van der Waals surface area contributed by atoms with Gasteiger partial charge in [0.2, 0.25) is 17.2 Å². The SMILES string of the molecule is O=C(OO)C(C(=O)OO)=C(O)c1c(O)c(O)c(O)c(O)c1O. The number of hydrogen-bond acceptors (Lipinski definition) is 12. The Hall–Kier alpha value is -3.38. The molecule has 22 heavy (non-hydrogen) atoms. The van der Waals surface area contributed by atoms with Gasteiger partial charge in [0.05, 0.1) is 0 Å². The quantitative estimate of drug-likeness (QED) is 0.0517. The normalized spacial score (nSPS) is 9.91. The molecule has 1 rings (SSSR count). The molecule has 8 N–H and O–H groups in total. The fourth-order valence-electron chi connectivity index (χ4n) is 1.40. The third-order valence-corrected chi connectivity index (χ3v) is 2.42. The van der Waals surface area contributed by atoms with Gasteiger partial charge in [-0.15, -0.1) is 0 Å². The number of benzene rings is 1. The average molecular weight is 320 g/mol. The molecule has 0 radical (unpaired) electrons. The maximum absolute atomic E-state index is 11.1. The van der Waals surface area contributed by atoms with Gasteiger partial charge >= 0.3 is 11.9 Å². The standard InChI is InChI=1S/C10H8O12/c11-3(2(9(17)21-19)10(18)22-20)1-4(12)6(14)8(16)7(15)5(1)13/h11-16,19-20H. The van der Waals surface area contributed by atoms with Crippen molar-refractivity contribution in [2.24, 2.45) is 0 Å². The largest absolute Gasteiger partial charge is 0.506 e. The molecule has 0 aliphatic rings. The Morgan fingerprint density at radius 1 is 0.682 bits per heavy atom. The molecule has 12 nitrogen and oxygen atoms in total. The summed E-state index contributed by atoms with van der Waals surface area (Å²) in [6, 6.07) is 0. The van der Waals surface area contributed by atoms with E-state index in [0.29, 0.717) is 0 Å². The molecule has 0 saturated heterocycles. The predicted octanol–water partition coefficient (Wildman–Crippen LogP) is -0.484. The first-order chi connectivity index (χ1) is 10.2. The predicted molar refractivity (Wildman–Crippen MR) is 61.8 cm³/mol. The minimum Gasteiger partial charge on any atom is -0.506 e. The van der Waals surface area contributed by atoms with Gasteiger partial charge in [0.1, 0.15) is 5.56 Å². The van der Waals surface area contributed by atoms with Crippen LogP contribution in [-0.2, 0) is 19.4 Å². The fraction of sp³-hybridized carbons (Fsp3) is 0. The van der Waals surface area contributed by atoms with E-state index in [1.54, 1.807) is 0 Å². The highest BCUT2D eigenvalue weighted by molar-refractivity contribution is 6.19. The topological polar surface area (TPSA) is 214 Å². The lowest BCUT2D eigenvalue weighted by Crippen LogP contribution is -2.18. The van der Waals surface area contributed by atoms with Gasteiger partial charge in [-0.2, -0.15) is 10.5 Å². The van der Waals surface area contributed by atoms with Gasteiger partial charge in [-0.1, -0.05) is 0 Å². The summed E-state index contributed by atoms with van der Waals surface area (Å²) in [6.07, 6.45) is 0. The molecule has 1 aromatic rings. The Morgan fingerprint density at radius 3 is 1.32 bits per heavy atom. The van der Waals surface area contributed by atoms with Crippen LogP contribution in [0.3, 0.4) is 0 Å². The number of aliphatic hydroxyl groups excluding tert-OH is 1. The first-order valence-electron chi connectivity index (χ1n) is 5.02. The molecule has 0 aromatic heterocycles. The van der Waals surface area contributed by atoms with Crippen molar-refractivity contribution in [3.05, 3.63) is 11.1 Å². The molecular weight excluding hydrogens is 312 g/mol. The lowest BCUT2D eigenvalue weighted by atomic mass is 10.0. The molecule has 0 unspecified atom stereocenters. The van der Waals surface area contributed by atoms with Crippen LogP contribution in [0.1, 0.15) is 5.56 Å². The summed E-state index contributed by atoms with van der Waals surface area (Å²) in [5, 5.41) is 72.8. The van der Waals surface area contributed by atoms with Crippen molar-refractivity contribution in [3.8, 4) is 28.7 Å². The molecule has 0 atom stereocenters. The highest BCUT2D eigenvalue weighted by atomic mass is 17.1. The van der Waals surface area contributed by atoms with Crippen LogP contribution in [0.2, 0.25) is 0 Å². The van der Waals surface area contributed by atoms with E-state index in [1.165, 1.54) is 0 Å². The molecule has 0 fully saturated rings. The van der Waals surface area contributed by atoms with Crippen LogP contribution in [0.25, 0.3) is 5.76 Å². The van der Waals surface area contributed by atoms with E-state index >= 15 is 0 Å². The first kappa shape index (κ1) is 16.7. The van der Waals surface area contributed by atoms with Crippen molar-refractivity contribution in [2.45, 2.75) is 0 Å². The number of rotatable bonds is 3. The van der Waals surface area contributed by atoms with Gasteiger partial charge in [0.15, 0.2) is 22.8 Å². The van der Waals surface area contributed by atoms with Gasteiger partial charge in [0.25, 0.3) is 0 Å². The summed E-state index contributed by atoms with van der Waals surface area (Å²) in [6.45, 7) is 0. The highest BCUT2D eigenvalue weighted by Gasteiger charge is 2.34. The van der Waals surface area contributed by atoms with Crippen LogP contribution in [-0.4, -0.2) is 53.1 Å². The van der Waals surface area contributed by atoms with Gasteiger partial charge < -0.3 is 30.6 Å². The molecule has 12 heteroatoms. The first-order valence-corrected chi connectivity index (χ1v) is 5.02. The second-order valence-corrected chi connectivity index (χ2v) is 3.60. The second-order valence-electron chi connectivity index (χ2n) is 3.60. The van der Waals surface area contributed by atoms with E-state index in [0.717, 1.165) is 0 Å². The van der Waals surface area contributed by atoms with Gasteiger partial charge in [-0.25, -0.2) is 9.59 Å². The molecule has 1 aromatic carbocycles. The molecule has 120 valence electrons. The van der Waals surface area contributed by atoms with Crippen LogP contribution in [0, 0.1) is 0 Å². The molecular formula is C10H8O12. The lowest BCUT2D eigenvalue weighted by Gasteiger charge is -2.13. The van der Waals surface area contributed by atoms with Crippen molar-refractivity contribution in [1.82, 2.24) is 0 Å². The minimum absolute atomic E-state index is 1.31. The summed E-state index contributed by atoms with van der Waals surface area (Å²) in [5.74, 6) is -12.8. The van der Waals surface area contributed by atoms with Crippen LogP contribution < -0.4 is 0 Å². The van der Waals surface area contributed by atoms with E-state index in [-0.39, 0.29) is 0 Å². The second kappa shape index (κ2) is 5.94. The van der Waals surface area contributed by atoms with E-state index in [4.69, 9.17) is 15.6 Å². The van der Waals surface area contributed by atoms with Crippen LogP contribution in [0.4, 0.5) is 0 Å². The number of phenolic OH excluding ortho intramolecular Hbond substituents is 5. The van der Waals surface area contributed by atoms with Gasteiger partial charge in [-0.05, 0) is 0 Å². The Morgan fingerprint density at radius 2 is 1.00 bits per heavy atom. The van der Waals surface area contributed by atoms with Crippen molar-refractivity contribution < 1.29 is 60.5 Å². The Kier molecular flexibility index (Phi) is 4.50. The number of hydrogen-bond donors (Lipinski definition) is 8. The Balaban J connectivity index is 3.82. The van der Waals surface area contributed by atoms with E-state index in [1.807, 2.05) is 0 Å². The lowest BCUT2D eigenvalue weighted by molar-refractivity contribution is -0.239. The van der Waals surface area contributed by atoms with Crippen LogP contribution in [0.15, 0.2) is 5.57 Å². The smallest absolute Gasteiger partial charge is 0.384 e. The monoisotopic (exact) mass is 320 g/mol. The Bertz CT molecular complexity index is 626. The molecule has 0 amide bonds. The summed E-state index contributed by atoms with van der Waals surface area (Å²) in [5.41, 5.74) is -2.93. The van der Waals surface area contributed by atoms with Crippen molar-refractivity contribution >= 4 is 17.7 Å². The number of phenols is 5. The molecule has 0 saturated carbocycles. The van der Waals surface area contributed by atoms with Crippen molar-refractivity contribution in [1.29, 1.82) is 0 Å². The summed E-state index contributed by atoms with van der Waals surface area (Å²) < 4.78 is 0. The van der Waals surface area contributed by atoms with Crippen molar-refractivity contribution in [2.75, 3.05) is 0 Å². The van der Waals surface area contributed by atoms with Gasteiger partial charge in [-0.3, -0.25) is 9.78 Å². The maximum Gasteiger partial charge on any atom is 0.384 e. The minimum atomic E-state index is -1.98. The molecule has 0 aliphatic heterocycles. The van der Waals surface area contributed by atoms with Crippen LogP contribution >= 0.6 is 0 Å². The third-order valence-electron chi connectivity index (χ3n) is 2.42. The van der Waals surface area contributed by atoms with Crippen LogP contribution in [0.5, 0.6) is 28.7 Å². The number of aromatic hydroxyl groups is 5. The summed E-state index contributed by atoms with van der Waals surface area (Å²) in [4.78, 5) is 28.6. The van der Waals surface area contributed by atoms with E-state index in [9.17, 15) is 35.1 Å². The number of carbonyl (C=O) groups excluding carboxylic acids is 2. The number of aliphatic hydroxyl groups is 1. The molecule has 0 aliphatic carbocycles. The Labute approximate surface area is 119 Å². The average Bonchev–Trinajstić information content (AvgIpc) is 2.50. The zero-order valence-electron chi connectivity index (χ0n) is 10.2. The summed E-state index contributed by atoms with van der Waals surface area (Å²) >= 11 is 0. The maximum atomic E-state index is 11.1. The van der Waals surface area contributed by atoms with Gasteiger partial charge in [0, 0.05) is 0 Å². The zero-order valence-corrected chi connectivity index (χ0v) is 10.2. The van der Waals surface area contributed by atoms with E-state index in [2.05, 4.69) is 9.78 Å². The molecule has 0 bridgehead atoms. The van der Waals surface area contributed by atoms with Crippen molar-refractivity contribution in [3.63, 3.8) is 0 Å². The molecule has 0 heterocycles. The zero-order chi connectivity index (χ0) is 17.2. The highest BCUT2D eigenvalue weighted by Crippen LogP contribution is 2.52. The summed E-state index contributed by atoms with van der Waals surface area (Å²) in [7, 11) is 0. The number of carbonyl (C=O) groups is 2. The van der Waals surface area contributed by atoms with E-state index < -0.39 is 57.6 Å². The third kappa shape index (κ3) is 2.46. The fourth-order valence-corrected chi connectivity index (χ4v) is 1.40.